The van der Waals surface area contributed by atoms with E-state index in [1.165, 1.54) is 43.9 Å². The van der Waals surface area contributed by atoms with Crippen LogP contribution in [-0.4, -0.2) is 18.6 Å². The van der Waals surface area contributed by atoms with Gasteiger partial charge in [-0.2, -0.15) is 0 Å². The molecule has 1 fully saturated rings. The smallest absolute Gasteiger partial charge is 0.302 e. The molecule has 3 aliphatic carbocycles. The maximum Gasteiger partial charge on any atom is 0.302 e. The van der Waals surface area contributed by atoms with Crippen molar-refractivity contribution in [2.75, 3.05) is 11.9 Å². The predicted molar refractivity (Wildman–Crippen MR) is 112 cm³/mol. The van der Waals surface area contributed by atoms with Gasteiger partial charge in [0, 0.05) is 35.9 Å². The molecular weight excluding hydrogens is 346 g/mol. The minimum Gasteiger partial charge on any atom is -0.465 e. The molecular formula is C25H33NO2. The Bertz CT molecular complexity index is 858. The first-order valence-electron chi connectivity index (χ1n) is 11.1. The maximum absolute atomic E-state index is 11.5. The minimum absolute atomic E-state index is 0.0111. The highest BCUT2D eigenvalue weighted by molar-refractivity contribution is 5.66. The zero-order chi connectivity index (χ0) is 19.7. The largest absolute Gasteiger partial charge is 0.465 e. The number of para-hydroxylation sites is 1. The Morgan fingerprint density at radius 1 is 1.21 bits per heavy atom. The van der Waals surface area contributed by atoms with Crippen LogP contribution in [0.25, 0.3) is 0 Å². The highest BCUT2D eigenvalue weighted by atomic mass is 16.5. The molecule has 1 aromatic carbocycles. The summed E-state index contributed by atoms with van der Waals surface area (Å²) in [6.07, 6.45) is 5.98. The topological polar surface area (TPSA) is 38.3 Å². The highest BCUT2D eigenvalue weighted by Gasteiger charge is 2.57. The Kier molecular flexibility index (Phi) is 3.99. The van der Waals surface area contributed by atoms with Gasteiger partial charge in [0.15, 0.2) is 0 Å². The number of hydrogen-bond donors (Lipinski definition) is 1. The lowest BCUT2D eigenvalue weighted by Crippen LogP contribution is -2.52. The molecule has 0 bridgehead atoms. The Morgan fingerprint density at radius 2 is 2.00 bits per heavy atom. The Balaban J connectivity index is 1.61. The zero-order valence-corrected chi connectivity index (χ0v) is 17.7. The van der Waals surface area contributed by atoms with Crippen molar-refractivity contribution in [1.29, 1.82) is 0 Å². The van der Waals surface area contributed by atoms with Crippen LogP contribution in [-0.2, 0) is 9.53 Å². The summed E-state index contributed by atoms with van der Waals surface area (Å²) in [6.45, 7) is 9.42. The summed E-state index contributed by atoms with van der Waals surface area (Å²) in [5.74, 6) is 1.78. The molecule has 28 heavy (non-hydrogen) atoms. The lowest BCUT2D eigenvalue weighted by molar-refractivity contribution is -0.144. The van der Waals surface area contributed by atoms with Crippen LogP contribution < -0.4 is 5.32 Å². The van der Waals surface area contributed by atoms with Crippen molar-refractivity contribution in [1.82, 2.24) is 0 Å². The summed E-state index contributed by atoms with van der Waals surface area (Å²) in [4.78, 5) is 11.5. The fourth-order valence-electron chi connectivity index (χ4n) is 7.06. The second kappa shape index (κ2) is 6.11. The molecule has 0 aromatic heterocycles. The van der Waals surface area contributed by atoms with E-state index in [2.05, 4.69) is 50.4 Å². The van der Waals surface area contributed by atoms with Gasteiger partial charge >= 0.3 is 5.97 Å². The van der Waals surface area contributed by atoms with Crippen LogP contribution in [0.5, 0.6) is 0 Å². The van der Waals surface area contributed by atoms with Crippen molar-refractivity contribution in [3.05, 3.63) is 41.0 Å². The van der Waals surface area contributed by atoms with Gasteiger partial charge in [0.2, 0.25) is 0 Å². The molecule has 0 amide bonds. The summed E-state index contributed by atoms with van der Waals surface area (Å²) in [5, 5.41) is 3.92. The van der Waals surface area contributed by atoms with Crippen LogP contribution in [0.3, 0.4) is 0 Å². The van der Waals surface area contributed by atoms with Gasteiger partial charge < -0.3 is 10.1 Å². The third-order valence-electron chi connectivity index (χ3n) is 8.75. The number of carbonyl (C=O) groups excluding carboxylic acids is 1. The summed E-state index contributed by atoms with van der Waals surface area (Å²) in [7, 11) is 0. The first-order valence-corrected chi connectivity index (χ1v) is 11.1. The Morgan fingerprint density at radius 3 is 2.79 bits per heavy atom. The van der Waals surface area contributed by atoms with E-state index in [1.54, 1.807) is 11.1 Å². The molecule has 1 aromatic rings. The zero-order valence-electron chi connectivity index (χ0n) is 17.7. The predicted octanol–water partition coefficient (Wildman–Crippen LogP) is 5.68. The number of nitrogens with one attached hydrogen (secondary N) is 1. The molecule has 3 nitrogen and oxygen atoms in total. The summed E-state index contributed by atoms with van der Waals surface area (Å²) < 4.78 is 5.56. The van der Waals surface area contributed by atoms with Gasteiger partial charge in [0.05, 0.1) is 0 Å². The van der Waals surface area contributed by atoms with Crippen LogP contribution in [0, 0.1) is 22.7 Å². The third-order valence-corrected chi connectivity index (χ3v) is 8.75. The van der Waals surface area contributed by atoms with Gasteiger partial charge in [0.25, 0.3) is 0 Å². The minimum atomic E-state index is -0.155. The molecule has 0 unspecified atom stereocenters. The molecule has 1 aliphatic heterocycles. The fraction of sp³-hybridized carbons (Fsp3) is 0.640. The van der Waals surface area contributed by atoms with E-state index < -0.39 is 0 Å². The number of hydrogen-bond acceptors (Lipinski definition) is 3. The number of fused-ring (bicyclic) bond motifs is 4. The van der Waals surface area contributed by atoms with Crippen LogP contribution in [0.15, 0.2) is 35.4 Å². The Hall–Kier alpha value is -1.77. The lowest BCUT2D eigenvalue weighted by Gasteiger charge is -2.58. The third kappa shape index (κ3) is 2.44. The van der Waals surface area contributed by atoms with Gasteiger partial charge in [-0.15, -0.1) is 0 Å². The molecule has 1 heterocycles. The van der Waals surface area contributed by atoms with Crippen LogP contribution in [0.1, 0.15) is 71.3 Å². The molecule has 4 aliphatic rings. The van der Waals surface area contributed by atoms with Crippen LogP contribution >= 0.6 is 0 Å². The average Bonchev–Trinajstić information content (AvgIpc) is 3.03. The first kappa shape index (κ1) is 18.3. The number of esters is 1. The number of carbonyl (C=O) groups is 1. The maximum atomic E-state index is 11.5. The Labute approximate surface area is 168 Å². The van der Waals surface area contributed by atoms with Gasteiger partial charge in [-0.1, -0.05) is 50.1 Å². The highest BCUT2D eigenvalue weighted by Crippen LogP contribution is 2.65. The van der Waals surface area contributed by atoms with Crippen LogP contribution in [0.2, 0.25) is 0 Å². The molecule has 5 rings (SSSR count). The summed E-state index contributed by atoms with van der Waals surface area (Å²) in [5.41, 5.74) is 6.51. The van der Waals surface area contributed by atoms with E-state index in [-0.39, 0.29) is 16.8 Å². The van der Waals surface area contributed by atoms with E-state index in [4.69, 9.17) is 4.74 Å². The van der Waals surface area contributed by atoms with Crippen molar-refractivity contribution in [2.45, 2.75) is 71.8 Å². The van der Waals surface area contributed by atoms with Crippen molar-refractivity contribution in [2.24, 2.45) is 22.7 Å². The number of rotatable bonds is 2. The van der Waals surface area contributed by atoms with Gasteiger partial charge in [-0.25, -0.2) is 0 Å². The van der Waals surface area contributed by atoms with Crippen molar-refractivity contribution < 1.29 is 9.53 Å². The van der Waals surface area contributed by atoms with E-state index in [9.17, 15) is 4.79 Å². The SMILES string of the molecule is CC(=O)OC[C@@]1(C)CC[C@@H]2C3=C1CC[C@@H](C)[C@]3(C)C[C@@H]1c3ccccc3N[C@H]21. The van der Waals surface area contributed by atoms with Crippen molar-refractivity contribution in [3.8, 4) is 0 Å². The molecule has 6 atom stereocenters. The summed E-state index contributed by atoms with van der Waals surface area (Å²) >= 11 is 0. The number of anilines is 1. The molecule has 1 N–H and O–H groups in total. The first-order chi connectivity index (χ1) is 13.3. The standard InChI is InChI=1S/C25H33NO2/c1-15-9-10-20-22-18(11-12-24(20,3)14-28-16(2)27)23-19(13-25(15,22)4)17-7-5-6-8-21(17)26-23/h5-8,15,18-19,23,26H,9-14H2,1-4H3/t15-,18-,19-,23-,24-,25+/m1/s1. The summed E-state index contributed by atoms with van der Waals surface area (Å²) in [6, 6.07) is 9.48. The normalized spacial score (nSPS) is 40.9. The van der Waals surface area contributed by atoms with E-state index in [0.29, 0.717) is 30.4 Å². The molecule has 3 heteroatoms. The van der Waals surface area contributed by atoms with Crippen molar-refractivity contribution >= 4 is 11.7 Å². The lowest BCUT2D eigenvalue weighted by atomic mass is 9.47. The second-order valence-corrected chi connectivity index (χ2v) is 10.3. The number of benzene rings is 1. The van der Waals surface area contributed by atoms with Gasteiger partial charge in [0.1, 0.15) is 6.61 Å². The second-order valence-electron chi connectivity index (χ2n) is 10.3. The van der Waals surface area contributed by atoms with E-state index in [1.807, 2.05) is 0 Å². The quantitative estimate of drug-likeness (QED) is 0.531. The van der Waals surface area contributed by atoms with Crippen LogP contribution in [0.4, 0.5) is 5.69 Å². The molecule has 150 valence electrons. The molecule has 0 radical (unpaired) electrons. The molecule has 1 saturated carbocycles. The van der Waals surface area contributed by atoms with Crippen molar-refractivity contribution in [3.63, 3.8) is 0 Å². The molecule has 0 saturated heterocycles. The fourth-order valence-corrected chi connectivity index (χ4v) is 7.06. The number of ether oxygens (including phenoxy) is 1. The monoisotopic (exact) mass is 379 g/mol. The van der Waals surface area contributed by atoms with E-state index in [0.717, 1.165) is 6.42 Å². The van der Waals surface area contributed by atoms with E-state index >= 15 is 0 Å². The average molecular weight is 380 g/mol. The molecule has 0 spiro atoms. The van der Waals surface area contributed by atoms with Gasteiger partial charge in [-0.3, -0.25) is 4.79 Å². The van der Waals surface area contributed by atoms with Gasteiger partial charge in [-0.05, 0) is 55.1 Å².